The van der Waals surface area contributed by atoms with Crippen molar-refractivity contribution < 1.29 is 9.59 Å². The van der Waals surface area contributed by atoms with Crippen molar-refractivity contribution in [2.45, 2.75) is 45.4 Å². The molecule has 0 spiro atoms. The average Bonchev–Trinajstić information content (AvgIpc) is 3.24. The Kier molecular flexibility index (Phi) is 5.65. The Labute approximate surface area is 146 Å². The lowest BCUT2D eigenvalue weighted by molar-refractivity contribution is -0.125. The molecule has 8 heteroatoms. The molecule has 1 aromatic rings. The molecular formula is C16H25N5O2S. The number of hydrogen-bond acceptors (Lipinski definition) is 6. The van der Waals surface area contributed by atoms with Crippen LogP contribution in [0.2, 0.25) is 0 Å². The fourth-order valence-electron chi connectivity index (χ4n) is 3.19. The minimum absolute atomic E-state index is 0.0105. The van der Waals surface area contributed by atoms with Gasteiger partial charge in [-0.1, -0.05) is 24.7 Å². The number of carbonyl (C=O) groups is 2. The Balaban J connectivity index is 1.59. The Bertz CT molecular complexity index is 591. The summed E-state index contributed by atoms with van der Waals surface area (Å²) in [6.07, 6.45) is 5.48. The Morgan fingerprint density at radius 2 is 2.12 bits per heavy atom. The van der Waals surface area contributed by atoms with E-state index in [1.807, 2.05) is 0 Å². The van der Waals surface area contributed by atoms with Crippen LogP contribution in [-0.2, 0) is 9.59 Å². The normalized spacial score (nSPS) is 21.4. The molecule has 0 aliphatic carbocycles. The second kappa shape index (κ2) is 7.92. The predicted octanol–water partition coefficient (Wildman–Crippen LogP) is 1.80. The van der Waals surface area contributed by atoms with Crippen LogP contribution in [0.4, 0.5) is 10.3 Å². The number of hydrogen-bond donors (Lipinski definition) is 1. The maximum Gasteiger partial charge on any atom is 0.228 e. The molecule has 24 heavy (non-hydrogen) atoms. The van der Waals surface area contributed by atoms with E-state index < -0.39 is 0 Å². The summed E-state index contributed by atoms with van der Waals surface area (Å²) in [5, 5.41) is 13.0. The zero-order chi connectivity index (χ0) is 16.9. The highest BCUT2D eigenvalue weighted by Gasteiger charge is 2.29. The van der Waals surface area contributed by atoms with Crippen molar-refractivity contribution in [3.05, 3.63) is 0 Å². The van der Waals surface area contributed by atoms with E-state index in [1.165, 1.54) is 11.3 Å². The van der Waals surface area contributed by atoms with Crippen LogP contribution < -0.4 is 15.1 Å². The van der Waals surface area contributed by atoms with Gasteiger partial charge in [0, 0.05) is 32.6 Å². The lowest BCUT2D eigenvalue weighted by Gasteiger charge is -2.31. The molecule has 7 nitrogen and oxygen atoms in total. The summed E-state index contributed by atoms with van der Waals surface area (Å²) in [4.78, 5) is 28.0. The molecule has 3 heterocycles. The Morgan fingerprint density at radius 3 is 2.88 bits per heavy atom. The van der Waals surface area contributed by atoms with Gasteiger partial charge in [0.05, 0.1) is 5.92 Å². The summed E-state index contributed by atoms with van der Waals surface area (Å²) in [5.74, 6) is 0.286. The van der Waals surface area contributed by atoms with E-state index in [0.717, 1.165) is 56.9 Å². The number of anilines is 2. The van der Waals surface area contributed by atoms with Gasteiger partial charge in [-0.15, -0.1) is 10.2 Å². The topological polar surface area (TPSA) is 78.4 Å². The van der Waals surface area contributed by atoms with Crippen LogP contribution in [0.25, 0.3) is 0 Å². The zero-order valence-corrected chi connectivity index (χ0v) is 15.0. The number of nitrogens with one attached hydrogen (secondary N) is 1. The molecule has 0 radical (unpaired) electrons. The maximum absolute atomic E-state index is 12.3. The Morgan fingerprint density at radius 1 is 1.29 bits per heavy atom. The molecule has 1 unspecified atom stereocenters. The summed E-state index contributed by atoms with van der Waals surface area (Å²) >= 11 is 1.45. The van der Waals surface area contributed by atoms with Crippen LogP contribution in [0.3, 0.4) is 0 Å². The lowest BCUT2D eigenvalue weighted by atomic mass is 9.97. The number of aromatic nitrogens is 2. The van der Waals surface area contributed by atoms with Crippen molar-refractivity contribution in [3.63, 3.8) is 0 Å². The number of nitrogens with zero attached hydrogens (tertiary/aromatic N) is 4. The molecule has 0 aromatic carbocycles. The Hall–Kier alpha value is -1.70. The summed E-state index contributed by atoms with van der Waals surface area (Å²) in [6.45, 7) is 5.18. The highest BCUT2D eigenvalue weighted by molar-refractivity contribution is 7.19. The van der Waals surface area contributed by atoms with Gasteiger partial charge in [0.15, 0.2) is 0 Å². The molecule has 2 saturated heterocycles. The zero-order valence-electron chi connectivity index (χ0n) is 14.2. The molecule has 0 saturated carbocycles. The number of carbonyl (C=O) groups excluding carboxylic acids is 2. The number of rotatable bonds is 6. The number of piperidine rings is 1. The van der Waals surface area contributed by atoms with Crippen molar-refractivity contribution in [3.8, 4) is 0 Å². The van der Waals surface area contributed by atoms with Gasteiger partial charge in [-0.2, -0.15) is 0 Å². The lowest BCUT2D eigenvalue weighted by Crippen LogP contribution is -2.43. The smallest absolute Gasteiger partial charge is 0.228 e. The van der Waals surface area contributed by atoms with Crippen molar-refractivity contribution in [2.24, 2.45) is 5.92 Å². The molecule has 2 fully saturated rings. The third kappa shape index (κ3) is 3.85. The second-order valence-corrected chi connectivity index (χ2v) is 7.38. The molecule has 2 amide bonds. The van der Waals surface area contributed by atoms with Gasteiger partial charge in [0.25, 0.3) is 0 Å². The summed E-state index contributed by atoms with van der Waals surface area (Å²) in [7, 11) is 0. The largest absolute Gasteiger partial charge is 0.356 e. The number of amides is 2. The highest BCUT2D eigenvalue weighted by Crippen LogP contribution is 2.32. The standard InChI is InChI=1S/C16H25N5O2S/c1-2-3-8-17-14(23)12-6-4-9-20(11-12)15-18-19-16(24-15)21-10-5-7-13(21)22/h12H,2-11H2,1H3,(H,17,23). The van der Waals surface area contributed by atoms with Crippen molar-refractivity contribution in [1.29, 1.82) is 0 Å². The van der Waals surface area contributed by atoms with Gasteiger partial charge in [-0.05, 0) is 25.7 Å². The highest BCUT2D eigenvalue weighted by atomic mass is 32.1. The minimum atomic E-state index is 0.0105. The molecule has 0 bridgehead atoms. The van der Waals surface area contributed by atoms with Crippen LogP contribution in [-0.4, -0.2) is 48.2 Å². The van der Waals surface area contributed by atoms with Crippen LogP contribution >= 0.6 is 11.3 Å². The molecule has 1 aromatic heterocycles. The summed E-state index contributed by atoms with van der Waals surface area (Å²) in [6, 6.07) is 0. The molecular weight excluding hydrogens is 326 g/mol. The van der Waals surface area contributed by atoms with Crippen LogP contribution in [0.15, 0.2) is 0 Å². The van der Waals surface area contributed by atoms with Crippen LogP contribution in [0.5, 0.6) is 0 Å². The quantitative estimate of drug-likeness (QED) is 0.791. The SMILES string of the molecule is CCCCNC(=O)C1CCCN(c2nnc(N3CCCC3=O)s2)C1. The first kappa shape index (κ1) is 17.1. The van der Waals surface area contributed by atoms with Gasteiger partial charge in [-0.3, -0.25) is 14.5 Å². The molecule has 132 valence electrons. The average molecular weight is 351 g/mol. The van der Waals surface area contributed by atoms with E-state index in [2.05, 4.69) is 27.3 Å². The third-order valence-corrected chi connectivity index (χ3v) is 5.61. The van der Waals surface area contributed by atoms with Crippen molar-refractivity contribution >= 4 is 33.4 Å². The molecule has 2 aliphatic rings. The van der Waals surface area contributed by atoms with Gasteiger partial charge in [0.2, 0.25) is 22.1 Å². The van der Waals surface area contributed by atoms with E-state index in [-0.39, 0.29) is 17.7 Å². The van der Waals surface area contributed by atoms with Crippen molar-refractivity contribution in [2.75, 3.05) is 36.0 Å². The summed E-state index contributed by atoms with van der Waals surface area (Å²) in [5.41, 5.74) is 0. The van der Waals surface area contributed by atoms with Crippen LogP contribution in [0.1, 0.15) is 45.4 Å². The first-order valence-corrected chi connectivity index (χ1v) is 9.67. The van der Waals surface area contributed by atoms with E-state index in [9.17, 15) is 9.59 Å². The van der Waals surface area contributed by atoms with Gasteiger partial charge in [-0.25, -0.2) is 0 Å². The van der Waals surface area contributed by atoms with Crippen molar-refractivity contribution in [1.82, 2.24) is 15.5 Å². The fraction of sp³-hybridized carbons (Fsp3) is 0.750. The first-order valence-electron chi connectivity index (χ1n) is 8.85. The maximum atomic E-state index is 12.3. The molecule has 3 rings (SSSR count). The van der Waals surface area contributed by atoms with E-state index in [1.54, 1.807) is 4.90 Å². The van der Waals surface area contributed by atoms with Gasteiger partial charge >= 0.3 is 0 Å². The molecule has 1 atom stereocenters. The van der Waals surface area contributed by atoms with E-state index in [0.29, 0.717) is 18.1 Å². The molecule has 1 N–H and O–H groups in total. The van der Waals surface area contributed by atoms with Crippen LogP contribution in [0, 0.1) is 5.92 Å². The second-order valence-electron chi connectivity index (χ2n) is 6.45. The monoisotopic (exact) mass is 351 g/mol. The number of unbranched alkanes of at least 4 members (excludes halogenated alkanes) is 1. The molecule has 2 aliphatic heterocycles. The first-order chi connectivity index (χ1) is 11.7. The predicted molar refractivity (Wildman–Crippen MR) is 94.4 cm³/mol. The minimum Gasteiger partial charge on any atom is -0.356 e. The third-order valence-electron chi connectivity index (χ3n) is 4.60. The van der Waals surface area contributed by atoms with E-state index >= 15 is 0 Å². The van der Waals surface area contributed by atoms with Gasteiger partial charge < -0.3 is 10.2 Å². The van der Waals surface area contributed by atoms with Gasteiger partial charge in [0.1, 0.15) is 0 Å². The fourth-order valence-corrected chi connectivity index (χ4v) is 4.12. The van der Waals surface area contributed by atoms with E-state index in [4.69, 9.17) is 0 Å². The summed E-state index contributed by atoms with van der Waals surface area (Å²) < 4.78 is 0.